The molecule has 184 valence electrons. The van der Waals surface area contributed by atoms with Crippen molar-refractivity contribution in [1.82, 2.24) is 15.5 Å². The quantitative estimate of drug-likeness (QED) is 0.565. The first kappa shape index (κ1) is 26.9. The van der Waals surface area contributed by atoms with Crippen molar-refractivity contribution in [2.75, 3.05) is 0 Å². The fourth-order valence-electron chi connectivity index (χ4n) is 3.52. The lowest BCUT2D eigenvalue weighted by atomic mass is 10.00. The van der Waals surface area contributed by atoms with Crippen LogP contribution in [0.4, 0.5) is 4.79 Å². The van der Waals surface area contributed by atoms with Crippen molar-refractivity contribution in [2.45, 2.75) is 78.2 Å². The number of alkyl carbamates (subject to hydrolysis) is 1. The van der Waals surface area contributed by atoms with Crippen LogP contribution in [0, 0.1) is 0 Å². The number of carbonyl (C=O) groups is 3. The fourth-order valence-corrected chi connectivity index (χ4v) is 3.52. The highest BCUT2D eigenvalue weighted by Crippen LogP contribution is 2.26. The van der Waals surface area contributed by atoms with Gasteiger partial charge in [0.1, 0.15) is 17.7 Å². The Morgan fingerprint density at radius 1 is 0.941 bits per heavy atom. The maximum absolute atomic E-state index is 13.6. The predicted octanol–water partition coefficient (Wildman–Crippen LogP) is 4.58. The van der Waals surface area contributed by atoms with Crippen molar-refractivity contribution in [3.05, 3.63) is 71.8 Å². The fraction of sp³-hybridized carbons (Fsp3) is 0.444. The Bertz CT molecular complexity index is 941. The average molecular weight is 468 g/mol. The molecule has 34 heavy (non-hydrogen) atoms. The summed E-state index contributed by atoms with van der Waals surface area (Å²) in [5.74, 6) is -0.642. The van der Waals surface area contributed by atoms with E-state index in [0.717, 1.165) is 5.56 Å². The number of ether oxygens (including phenoxy) is 1. The molecule has 0 bridgehead atoms. The zero-order valence-electron chi connectivity index (χ0n) is 21.0. The highest BCUT2D eigenvalue weighted by atomic mass is 16.6. The molecular weight excluding hydrogens is 430 g/mol. The van der Waals surface area contributed by atoms with Gasteiger partial charge in [0.15, 0.2) is 0 Å². The number of hydrogen-bond acceptors (Lipinski definition) is 4. The summed E-state index contributed by atoms with van der Waals surface area (Å²) < 4.78 is 5.31. The minimum atomic E-state index is -0.878. The van der Waals surface area contributed by atoms with Crippen LogP contribution >= 0.6 is 0 Å². The zero-order valence-corrected chi connectivity index (χ0v) is 21.0. The van der Waals surface area contributed by atoms with Gasteiger partial charge in [0, 0.05) is 12.6 Å². The van der Waals surface area contributed by atoms with Crippen LogP contribution in [0.25, 0.3) is 0 Å². The van der Waals surface area contributed by atoms with Crippen LogP contribution < -0.4 is 10.6 Å². The number of hydrogen-bond donors (Lipinski definition) is 2. The van der Waals surface area contributed by atoms with Crippen molar-refractivity contribution >= 4 is 17.9 Å². The van der Waals surface area contributed by atoms with Crippen LogP contribution in [0.2, 0.25) is 0 Å². The van der Waals surface area contributed by atoms with Crippen molar-refractivity contribution in [3.8, 4) is 0 Å². The van der Waals surface area contributed by atoms with Crippen LogP contribution in [0.15, 0.2) is 60.7 Å². The minimum absolute atomic E-state index is 0.247. The summed E-state index contributed by atoms with van der Waals surface area (Å²) in [5, 5.41) is 5.59. The van der Waals surface area contributed by atoms with Crippen LogP contribution in [-0.2, 0) is 20.9 Å². The van der Waals surface area contributed by atoms with Crippen molar-refractivity contribution in [1.29, 1.82) is 0 Å². The molecule has 7 nitrogen and oxygen atoms in total. The van der Waals surface area contributed by atoms with E-state index in [-0.39, 0.29) is 17.9 Å². The molecule has 0 aliphatic heterocycles. The van der Waals surface area contributed by atoms with Gasteiger partial charge in [-0.25, -0.2) is 4.79 Å². The number of carbonyl (C=O) groups excluding carboxylic acids is 3. The number of nitrogens with one attached hydrogen (secondary N) is 2. The monoisotopic (exact) mass is 467 g/mol. The number of rotatable bonds is 9. The molecule has 0 aromatic heterocycles. The lowest BCUT2D eigenvalue weighted by molar-refractivity contribution is -0.144. The first-order valence-electron chi connectivity index (χ1n) is 11.7. The summed E-state index contributed by atoms with van der Waals surface area (Å²) in [4.78, 5) is 41.0. The maximum atomic E-state index is 13.6. The van der Waals surface area contributed by atoms with Crippen molar-refractivity contribution in [3.63, 3.8) is 0 Å². The van der Waals surface area contributed by atoms with Crippen LogP contribution in [0.1, 0.15) is 65.1 Å². The van der Waals surface area contributed by atoms with E-state index in [1.54, 1.807) is 32.6 Å². The normalized spacial score (nSPS) is 13.8. The van der Waals surface area contributed by atoms with E-state index < -0.39 is 23.8 Å². The molecule has 0 aliphatic rings. The van der Waals surface area contributed by atoms with Gasteiger partial charge in [-0.1, -0.05) is 67.6 Å². The van der Waals surface area contributed by atoms with E-state index in [0.29, 0.717) is 18.5 Å². The van der Waals surface area contributed by atoms with Gasteiger partial charge in [0.2, 0.25) is 11.8 Å². The van der Waals surface area contributed by atoms with E-state index in [1.807, 2.05) is 74.5 Å². The molecule has 0 radical (unpaired) electrons. The van der Waals surface area contributed by atoms with Gasteiger partial charge in [-0.3, -0.25) is 9.59 Å². The first-order valence-corrected chi connectivity index (χ1v) is 11.7. The second-order valence-corrected chi connectivity index (χ2v) is 9.39. The largest absolute Gasteiger partial charge is 0.444 e. The molecule has 0 saturated carbocycles. The third-order valence-corrected chi connectivity index (χ3v) is 5.38. The smallest absolute Gasteiger partial charge is 0.408 e. The summed E-state index contributed by atoms with van der Waals surface area (Å²) >= 11 is 0. The van der Waals surface area contributed by atoms with Gasteiger partial charge < -0.3 is 20.3 Å². The molecule has 2 N–H and O–H groups in total. The highest BCUT2D eigenvalue weighted by Gasteiger charge is 2.36. The molecule has 2 aromatic carbocycles. The highest BCUT2D eigenvalue weighted by molar-refractivity contribution is 5.92. The molecule has 3 atom stereocenters. The molecule has 7 heteroatoms. The summed E-state index contributed by atoms with van der Waals surface area (Å²) in [7, 11) is 0. The van der Waals surface area contributed by atoms with Crippen molar-refractivity contribution in [2.24, 2.45) is 0 Å². The topological polar surface area (TPSA) is 87.7 Å². The van der Waals surface area contributed by atoms with Gasteiger partial charge in [0.25, 0.3) is 0 Å². The molecule has 0 aliphatic carbocycles. The Balaban J connectivity index is 2.32. The summed E-state index contributed by atoms with van der Waals surface area (Å²) in [6.07, 6.45) is -0.0394. The zero-order chi connectivity index (χ0) is 25.3. The second kappa shape index (κ2) is 12.2. The molecule has 2 rings (SSSR count). The Morgan fingerprint density at radius 2 is 1.50 bits per heavy atom. The predicted molar refractivity (Wildman–Crippen MR) is 133 cm³/mol. The van der Waals surface area contributed by atoms with Crippen LogP contribution in [0.5, 0.6) is 0 Å². The Morgan fingerprint density at radius 3 is 2.03 bits per heavy atom. The Hall–Kier alpha value is -3.35. The molecule has 2 aromatic rings. The second-order valence-electron chi connectivity index (χ2n) is 9.39. The Kier molecular flexibility index (Phi) is 9.66. The van der Waals surface area contributed by atoms with Gasteiger partial charge in [0.05, 0.1) is 0 Å². The van der Waals surface area contributed by atoms with Gasteiger partial charge in [-0.15, -0.1) is 0 Å². The summed E-state index contributed by atoms with van der Waals surface area (Å²) in [6.45, 7) is 11.1. The standard InChI is InChI=1S/C27H37N3O4/c1-7-19(2)30(25(32)20(3)29-26(33)34-27(4,5)6)23(22-16-12-9-13-17-22)24(31)28-18-21-14-10-8-11-15-21/h8-17,19-20,23H,7,18H2,1-6H3,(H,28,31)(H,29,33). The third-order valence-electron chi connectivity index (χ3n) is 5.38. The summed E-state index contributed by atoms with van der Waals surface area (Å²) in [6, 6.07) is 16.8. The summed E-state index contributed by atoms with van der Waals surface area (Å²) in [5.41, 5.74) is 0.975. The van der Waals surface area contributed by atoms with E-state index in [9.17, 15) is 14.4 Å². The third kappa shape index (κ3) is 7.90. The lowest BCUT2D eigenvalue weighted by Crippen LogP contribution is -2.54. The molecule has 0 heterocycles. The molecule has 0 saturated heterocycles. The number of benzene rings is 2. The molecule has 0 fully saturated rings. The van der Waals surface area contributed by atoms with Gasteiger partial charge in [-0.05, 0) is 52.2 Å². The SMILES string of the molecule is CCC(C)N(C(=O)C(C)NC(=O)OC(C)(C)C)C(C(=O)NCc1ccccc1)c1ccccc1. The maximum Gasteiger partial charge on any atom is 0.408 e. The molecule has 0 spiro atoms. The van der Waals surface area contributed by atoms with E-state index in [2.05, 4.69) is 10.6 Å². The first-order chi connectivity index (χ1) is 16.0. The van der Waals surface area contributed by atoms with Crippen LogP contribution in [-0.4, -0.2) is 40.5 Å². The van der Waals surface area contributed by atoms with E-state index in [1.165, 1.54) is 0 Å². The number of nitrogens with zero attached hydrogens (tertiary/aromatic N) is 1. The number of amides is 3. The van der Waals surface area contributed by atoms with Gasteiger partial charge >= 0.3 is 6.09 Å². The molecule has 3 unspecified atom stereocenters. The van der Waals surface area contributed by atoms with Crippen molar-refractivity contribution < 1.29 is 19.1 Å². The lowest BCUT2D eigenvalue weighted by Gasteiger charge is -2.37. The molecular formula is C27H37N3O4. The van der Waals surface area contributed by atoms with Gasteiger partial charge in [-0.2, -0.15) is 0 Å². The van der Waals surface area contributed by atoms with E-state index >= 15 is 0 Å². The molecule has 3 amide bonds. The van der Waals surface area contributed by atoms with Crippen LogP contribution in [0.3, 0.4) is 0 Å². The minimum Gasteiger partial charge on any atom is -0.444 e. The van der Waals surface area contributed by atoms with E-state index in [4.69, 9.17) is 4.74 Å². The average Bonchev–Trinajstić information content (AvgIpc) is 2.80. The Labute approximate surface area is 202 Å².